The van der Waals surface area contributed by atoms with Crippen molar-refractivity contribution in [1.82, 2.24) is 0 Å². The summed E-state index contributed by atoms with van der Waals surface area (Å²) in [6.07, 6.45) is 1.61. The first-order valence-corrected chi connectivity index (χ1v) is 5.03. The van der Waals surface area contributed by atoms with Crippen molar-refractivity contribution < 1.29 is 4.79 Å². The normalized spacial score (nSPS) is 18.9. The van der Waals surface area contributed by atoms with E-state index in [0.29, 0.717) is 12.5 Å². The number of benzene rings is 1. The molecule has 0 radical (unpaired) electrons. The van der Waals surface area contributed by atoms with Crippen molar-refractivity contribution in [2.75, 3.05) is 5.32 Å². The van der Waals surface area contributed by atoms with E-state index in [4.69, 9.17) is 0 Å². The number of rotatable bonds is 2. The molecular formula is C12H15NO. The maximum atomic E-state index is 11.1. The molecule has 14 heavy (non-hydrogen) atoms. The van der Waals surface area contributed by atoms with Crippen LogP contribution in [0.1, 0.15) is 25.0 Å². The van der Waals surface area contributed by atoms with Gasteiger partial charge < -0.3 is 5.32 Å². The molecule has 1 aliphatic rings. The number of hydrogen-bond acceptors (Lipinski definition) is 2. The van der Waals surface area contributed by atoms with Crippen molar-refractivity contribution in [3.63, 3.8) is 0 Å². The van der Waals surface area contributed by atoms with Gasteiger partial charge in [-0.1, -0.05) is 12.1 Å². The summed E-state index contributed by atoms with van der Waals surface area (Å²) >= 11 is 0. The zero-order valence-corrected chi connectivity index (χ0v) is 8.63. The monoisotopic (exact) mass is 189 g/mol. The van der Waals surface area contributed by atoms with Gasteiger partial charge >= 0.3 is 0 Å². The number of nitrogens with one attached hydrogen (secondary N) is 1. The molecule has 2 rings (SSSR count). The predicted molar refractivity (Wildman–Crippen MR) is 57.6 cm³/mol. The predicted octanol–water partition coefficient (Wildman–Crippen LogP) is 2.17. The van der Waals surface area contributed by atoms with Gasteiger partial charge in [0.1, 0.15) is 5.78 Å². The van der Waals surface area contributed by atoms with Crippen LogP contribution in [0.15, 0.2) is 18.2 Å². The molecule has 1 unspecified atom stereocenters. The summed E-state index contributed by atoms with van der Waals surface area (Å²) in [5, 5.41) is 3.40. The van der Waals surface area contributed by atoms with E-state index in [2.05, 4.69) is 24.4 Å². The Balaban J connectivity index is 2.34. The van der Waals surface area contributed by atoms with E-state index < -0.39 is 0 Å². The molecule has 1 aromatic carbocycles. The van der Waals surface area contributed by atoms with E-state index >= 15 is 0 Å². The summed E-state index contributed by atoms with van der Waals surface area (Å²) in [5.41, 5.74) is 3.72. The third kappa shape index (κ3) is 1.65. The number of hydrogen-bond donors (Lipinski definition) is 1. The van der Waals surface area contributed by atoms with Crippen molar-refractivity contribution >= 4 is 11.5 Å². The van der Waals surface area contributed by atoms with Crippen LogP contribution < -0.4 is 5.32 Å². The van der Waals surface area contributed by atoms with Gasteiger partial charge in [0.15, 0.2) is 0 Å². The highest BCUT2D eigenvalue weighted by Gasteiger charge is 2.19. The van der Waals surface area contributed by atoms with Crippen molar-refractivity contribution in [2.45, 2.75) is 32.7 Å². The highest BCUT2D eigenvalue weighted by atomic mass is 16.1. The Morgan fingerprint density at radius 1 is 1.57 bits per heavy atom. The molecule has 0 fully saturated rings. The average Bonchev–Trinajstić information content (AvgIpc) is 2.45. The van der Waals surface area contributed by atoms with Crippen LogP contribution in [0.25, 0.3) is 0 Å². The number of anilines is 1. The van der Waals surface area contributed by atoms with E-state index in [-0.39, 0.29) is 5.78 Å². The molecule has 0 bridgehead atoms. The Morgan fingerprint density at radius 2 is 2.36 bits per heavy atom. The van der Waals surface area contributed by atoms with E-state index in [1.54, 1.807) is 6.92 Å². The van der Waals surface area contributed by atoms with E-state index in [0.717, 1.165) is 6.42 Å². The van der Waals surface area contributed by atoms with Crippen LogP contribution in [0.3, 0.4) is 0 Å². The first-order valence-electron chi connectivity index (χ1n) is 5.03. The van der Waals surface area contributed by atoms with Crippen molar-refractivity contribution in [3.8, 4) is 0 Å². The molecule has 0 saturated heterocycles. The average molecular weight is 189 g/mol. The van der Waals surface area contributed by atoms with E-state index in [1.165, 1.54) is 16.8 Å². The number of fused-ring (bicyclic) bond motifs is 1. The lowest BCUT2D eigenvalue weighted by Gasteiger charge is -2.05. The lowest BCUT2D eigenvalue weighted by molar-refractivity contribution is -0.116. The van der Waals surface area contributed by atoms with Crippen LogP contribution in [-0.2, 0) is 17.6 Å². The van der Waals surface area contributed by atoms with Crippen molar-refractivity contribution in [3.05, 3.63) is 29.3 Å². The summed E-state index contributed by atoms with van der Waals surface area (Å²) in [6.45, 7) is 3.81. The highest BCUT2D eigenvalue weighted by molar-refractivity contribution is 5.79. The highest BCUT2D eigenvalue weighted by Crippen LogP contribution is 2.28. The van der Waals surface area contributed by atoms with Crippen LogP contribution in [0.2, 0.25) is 0 Å². The minimum atomic E-state index is 0.234. The molecule has 2 nitrogen and oxygen atoms in total. The van der Waals surface area contributed by atoms with Gasteiger partial charge in [-0.25, -0.2) is 0 Å². The second-order valence-electron chi connectivity index (χ2n) is 4.07. The van der Waals surface area contributed by atoms with Crippen LogP contribution in [0.5, 0.6) is 0 Å². The Morgan fingerprint density at radius 3 is 3.07 bits per heavy atom. The molecule has 1 aliphatic heterocycles. The van der Waals surface area contributed by atoms with E-state index in [1.807, 2.05) is 6.07 Å². The first-order chi connectivity index (χ1) is 6.66. The molecule has 0 spiro atoms. The molecule has 0 saturated carbocycles. The zero-order valence-electron chi connectivity index (χ0n) is 8.63. The SMILES string of the molecule is CC(=O)Cc1cccc2c1CC(C)N2. The summed E-state index contributed by atoms with van der Waals surface area (Å²) in [4.78, 5) is 11.1. The lowest BCUT2D eigenvalue weighted by atomic mass is 9.99. The lowest BCUT2D eigenvalue weighted by Crippen LogP contribution is -2.08. The fourth-order valence-electron chi connectivity index (χ4n) is 2.07. The van der Waals surface area contributed by atoms with Crippen LogP contribution in [-0.4, -0.2) is 11.8 Å². The van der Waals surface area contributed by atoms with Crippen LogP contribution in [0, 0.1) is 0 Å². The fourth-order valence-corrected chi connectivity index (χ4v) is 2.07. The third-order valence-corrected chi connectivity index (χ3v) is 2.62. The Labute approximate surface area is 84.3 Å². The summed E-state index contributed by atoms with van der Waals surface area (Å²) in [6, 6.07) is 6.66. The molecule has 0 aliphatic carbocycles. The summed E-state index contributed by atoms with van der Waals surface area (Å²) < 4.78 is 0. The Kier molecular flexibility index (Phi) is 2.28. The summed E-state index contributed by atoms with van der Waals surface area (Å²) in [7, 11) is 0. The first kappa shape index (κ1) is 9.25. The smallest absolute Gasteiger partial charge is 0.134 e. The fraction of sp³-hybridized carbons (Fsp3) is 0.417. The van der Waals surface area contributed by atoms with Crippen molar-refractivity contribution in [1.29, 1.82) is 0 Å². The van der Waals surface area contributed by atoms with Gasteiger partial charge in [-0.05, 0) is 37.5 Å². The molecule has 0 aromatic heterocycles. The quantitative estimate of drug-likeness (QED) is 0.772. The van der Waals surface area contributed by atoms with Gasteiger partial charge in [0.05, 0.1) is 0 Å². The maximum absolute atomic E-state index is 11.1. The molecular weight excluding hydrogens is 174 g/mol. The van der Waals surface area contributed by atoms with Gasteiger partial charge in [0, 0.05) is 18.2 Å². The Bertz CT molecular complexity index is 371. The third-order valence-electron chi connectivity index (χ3n) is 2.62. The van der Waals surface area contributed by atoms with Gasteiger partial charge in [0.2, 0.25) is 0 Å². The van der Waals surface area contributed by atoms with Crippen LogP contribution in [0.4, 0.5) is 5.69 Å². The van der Waals surface area contributed by atoms with Gasteiger partial charge in [-0.15, -0.1) is 0 Å². The molecule has 1 N–H and O–H groups in total. The van der Waals surface area contributed by atoms with Gasteiger partial charge in [-0.2, -0.15) is 0 Å². The summed E-state index contributed by atoms with van der Waals surface area (Å²) in [5.74, 6) is 0.234. The number of carbonyl (C=O) groups is 1. The van der Waals surface area contributed by atoms with Crippen molar-refractivity contribution in [2.24, 2.45) is 0 Å². The molecule has 1 aromatic rings. The Hall–Kier alpha value is -1.31. The topological polar surface area (TPSA) is 29.1 Å². The molecule has 2 heteroatoms. The minimum Gasteiger partial charge on any atom is -0.382 e. The molecule has 1 heterocycles. The zero-order chi connectivity index (χ0) is 10.1. The molecule has 1 atom stereocenters. The van der Waals surface area contributed by atoms with Gasteiger partial charge in [-0.3, -0.25) is 4.79 Å². The maximum Gasteiger partial charge on any atom is 0.134 e. The van der Waals surface area contributed by atoms with Crippen LogP contribution >= 0.6 is 0 Å². The number of carbonyl (C=O) groups excluding carboxylic acids is 1. The van der Waals surface area contributed by atoms with Gasteiger partial charge in [0.25, 0.3) is 0 Å². The minimum absolute atomic E-state index is 0.234. The van der Waals surface area contributed by atoms with E-state index in [9.17, 15) is 4.79 Å². The number of ketones is 1. The molecule has 0 amide bonds. The second kappa shape index (κ2) is 3.45. The molecule has 74 valence electrons. The largest absolute Gasteiger partial charge is 0.382 e. The number of Topliss-reactive ketones (excluding diaryl/α,β-unsaturated/α-hetero) is 1. The second-order valence-corrected chi connectivity index (χ2v) is 4.07. The standard InChI is InChI=1S/C12H15NO/c1-8-6-11-10(7-9(2)14)4-3-5-12(11)13-8/h3-5,8,13H,6-7H2,1-2H3.